The lowest BCUT2D eigenvalue weighted by molar-refractivity contribution is 0.417. The van der Waals surface area contributed by atoms with Crippen LogP contribution in [-0.2, 0) is 13.0 Å². The van der Waals surface area contributed by atoms with Gasteiger partial charge in [-0.05, 0) is 42.0 Å². The summed E-state index contributed by atoms with van der Waals surface area (Å²) >= 11 is 0. The monoisotopic (exact) mass is 343 g/mol. The van der Waals surface area contributed by atoms with Crippen molar-refractivity contribution in [2.24, 2.45) is 11.7 Å². The molecule has 2 aromatic carbocycles. The van der Waals surface area contributed by atoms with Gasteiger partial charge < -0.3 is 5.73 Å². The minimum Gasteiger partial charge on any atom is -0.330 e. The average Bonchev–Trinajstić information content (AvgIpc) is 3.16. The smallest absolute Gasteiger partial charge is 0.113 e. The topological polar surface area (TPSA) is 69.6 Å². The Bertz CT molecular complexity index is 993. The predicted molar refractivity (Wildman–Crippen MR) is 103 cm³/mol. The van der Waals surface area contributed by atoms with Crippen molar-refractivity contribution in [1.29, 1.82) is 0 Å². The number of nitrogens with two attached hydrogens (primary N) is 1. The van der Waals surface area contributed by atoms with Crippen molar-refractivity contribution >= 4 is 10.8 Å². The molecule has 1 unspecified atom stereocenters. The van der Waals surface area contributed by atoms with E-state index >= 15 is 0 Å². The van der Waals surface area contributed by atoms with E-state index in [1.807, 2.05) is 29.2 Å². The molecule has 0 fully saturated rings. The lowest BCUT2D eigenvalue weighted by Gasteiger charge is -2.14. The molecule has 0 bridgehead atoms. The lowest BCUT2D eigenvalue weighted by Crippen LogP contribution is -2.22. The van der Waals surface area contributed by atoms with Crippen LogP contribution >= 0.6 is 0 Å². The largest absolute Gasteiger partial charge is 0.330 e. The van der Waals surface area contributed by atoms with Gasteiger partial charge in [-0.25, -0.2) is 0 Å². The summed E-state index contributed by atoms with van der Waals surface area (Å²) in [5.74, 6) is 0.328. The maximum atomic E-state index is 5.98. The van der Waals surface area contributed by atoms with Crippen LogP contribution < -0.4 is 5.73 Å². The lowest BCUT2D eigenvalue weighted by atomic mass is 9.99. The average molecular weight is 343 g/mol. The zero-order chi connectivity index (χ0) is 17.8. The second-order valence-corrected chi connectivity index (χ2v) is 6.55. The Morgan fingerprint density at radius 2 is 1.88 bits per heavy atom. The molecule has 0 amide bonds. The van der Waals surface area contributed by atoms with Gasteiger partial charge >= 0.3 is 0 Å². The van der Waals surface area contributed by atoms with E-state index in [0.717, 1.165) is 35.0 Å². The van der Waals surface area contributed by atoms with Crippen LogP contribution in [0.25, 0.3) is 22.0 Å². The van der Waals surface area contributed by atoms with E-state index in [2.05, 4.69) is 57.8 Å². The molecular formula is C21H21N5. The second-order valence-electron chi connectivity index (χ2n) is 6.55. The summed E-state index contributed by atoms with van der Waals surface area (Å²) in [7, 11) is 0. The number of hydrogen-bond donors (Lipinski definition) is 1. The molecule has 1 atom stereocenters. The van der Waals surface area contributed by atoms with E-state index in [0.29, 0.717) is 12.5 Å². The van der Waals surface area contributed by atoms with Gasteiger partial charge in [0.15, 0.2) is 0 Å². The van der Waals surface area contributed by atoms with Crippen molar-refractivity contribution in [2.75, 3.05) is 6.54 Å². The molecule has 2 N–H and O–H groups in total. The van der Waals surface area contributed by atoms with Gasteiger partial charge in [0.25, 0.3) is 0 Å². The van der Waals surface area contributed by atoms with E-state index in [1.165, 1.54) is 5.56 Å². The number of rotatable bonds is 6. The number of hydrogen-bond acceptors (Lipinski definition) is 4. The standard InChI is InChI=1S/C21H21N5/c22-12-17(10-16-4-2-1-3-5-16)14-26-15-21(24-25-26)19-6-7-20-13-23-9-8-18(20)11-19/h1-9,11,13,15,17H,10,12,14,22H2. The normalized spacial score (nSPS) is 12.3. The number of nitrogens with zero attached hydrogens (tertiary/aromatic N) is 4. The summed E-state index contributed by atoms with van der Waals surface area (Å²) in [4.78, 5) is 4.15. The Morgan fingerprint density at radius 1 is 1.00 bits per heavy atom. The molecule has 0 saturated heterocycles. The fourth-order valence-electron chi connectivity index (χ4n) is 3.20. The van der Waals surface area contributed by atoms with Crippen molar-refractivity contribution < 1.29 is 0 Å². The fourth-order valence-corrected chi connectivity index (χ4v) is 3.20. The molecule has 26 heavy (non-hydrogen) atoms. The van der Waals surface area contributed by atoms with Crippen molar-refractivity contribution in [3.8, 4) is 11.3 Å². The molecule has 0 radical (unpaired) electrons. The highest BCUT2D eigenvalue weighted by molar-refractivity contribution is 5.85. The SMILES string of the molecule is NCC(Cc1ccccc1)Cn1cc(-c2ccc3cnccc3c2)nn1. The maximum Gasteiger partial charge on any atom is 0.113 e. The van der Waals surface area contributed by atoms with Gasteiger partial charge in [-0.15, -0.1) is 5.10 Å². The maximum absolute atomic E-state index is 5.98. The van der Waals surface area contributed by atoms with Crippen LogP contribution in [0.4, 0.5) is 0 Å². The van der Waals surface area contributed by atoms with E-state index in [4.69, 9.17) is 5.73 Å². The van der Waals surface area contributed by atoms with Gasteiger partial charge in [-0.3, -0.25) is 9.67 Å². The van der Waals surface area contributed by atoms with Crippen molar-refractivity contribution in [3.05, 3.63) is 78.8 Å². The Kier molecular flexibility index (Phi) is 4.71. The van der Waals surface area contributed by atoms with Crippen LogP contribution in [0.3, 0.4) is 0 Å². The summed E-state index contributed by atoms with van der Waals surface area (Å²) in [5, 5.41) is 10.9. The van der Waals surface area contributed by atoms with Gasteiger partial charge in [0.2, 0.25) is 0 Å². The predicted octanol–water partition coefficient (Wildman–Crippen LogP) is 3.31. The number of fused-ring (bicyclic) bond motifs is 1. The molecule has 0 saturated carbocycles. The Balaban J connectivity index is 1.51. The van der Waals surface area contributed by atoms with Crippen LogP contribution in [0.5, 0.6) is 0 Å². The molecular weight excluding hydrogens is 322 g/mol. The van der Waals surface area contributed by atoms with Gasteiger partial charge in [0.05, 0.1) is 6.20 Å². The van der Waals surface area contributed by atoms with Gasteiger partial charge in [0, 0.05) is 29.9 Å². The van der Waals surface area contributed by atoms with Crippen molar-refractivity contribution in [1.82, 2.24) is 20.0 Å². The van der Waals surface area contributed by atoms with Crippen molar-refractivity contribution in [3.63, 3.8) is 0 Å². The van der Waals surface area contributed by atoms with Crippen LogP contribution in [0.15, 0.2) is 73.2 Å². The van der Waals surface area contributed by atoms with E-state index < -0.39 is 0 Å². The van der Waals surface area contributed by atoms with Crippen LogP contribution in [0, 0.1) is 5.92 Å². The molecule has 4 rings (SSSR count). The Hall–Kier alpha value is -3.05. The highest BCUT2D eigenvalue weighted by Crippen LogP contribution is 2.22. The molecule has 0 aliphatic rings. The second kappa shape index (κ2) is 7.45. The van der Waals surface area contributed by atoms with Crippen LogP contribution in [-0.4, -0.2) is 26.5 Å². The molecule has 0 aliphatic heterocycles. The van der Waals surface area contributed by atoms with Gasteiger partial charge in [-0.1, -0.05) is 47.7 Å². The highest BCUT2D eigenvalue weighted by atomic mass is 15.4. The summed E-state index contributed by atoms with van der Waals surface area (Å²) in [5.41, 5.74) is 9.21. The van der Waals surface area contributed by atoms with Gasteiger partial charge in [0.1, 0.15) is 5.69 Å². The quantitative estimate of drug-likeness (QED) is 0.583. The number of benzene rings is 2. The Labute approximate surface area is 152 Å². The van der Waals surface area contributed by atoms with Crippen molar-refractivity contribution in [2.45, 2.75) is 13.0 Å². The molecule has 2 heterocycles. The minimum absolute atomic E-state index is 0.328. The van der Waals surface area contributed by atoms with Gasteiger partial charge in [-0.2, -0.15) is 0 Å². The highest BCUT2D eigenvalue weighted by Gasteiger charge is 2.11. The third-order valence-electron chi connectivity index (χ3n) is 4.62. The fraction of sp³-hybridized carbons (Fsp3) is 0.190. The summed E-state index contributed by atoms with van der Waals surface area (Å²) in [6.07, 6.45) is 6.61. The first-order valence-corrected chi connectivity index (χ1v) is 8.80. The molecule has 5 nitrogen and oxygen atoms in total. The minimum atomic E-state index is 0.328. The zero-order valence-electron chi connectivity index (χ0n) is 14.5. The first-order chi connectivity index (χ1) is 12.8. The third kappa shape index (κ3) is 3.63. The molecule has 2 aromatic heterocycles. The Morgan fingerprint density at radius 3 is 2.73 bits per heavy atom. The van der Waals surface area contributed by atoms with E-state index in [1.54, 1.807) is 6.20 Å². The molecule has 0 aliphatic carbocycles. The summed E-state index contributed by atoms with van der Waals surface area (Å²) < 4.78 is 1.90. The molecule has 5 heteroatoms. The summed E-state index contributed by atoms with van der Waals surface area (Å²) in [6, 6.07) is 18.7. The molecule has 4 aromatic rings. The first kappa shape index (κ1) is 16.4. The molecule has 130 valence electrons. The summed E-state index contributed by atoms with van der Waals surface area (Å²) in [6.45, 7) is 1.38. The number of pyridine rings is 1. The molecule has 0 spiro atoms. The third-order valence-corrected chi connectivity index (χ3v) is 4.62. The number of aromatic nitrogens is 4. The van der Waals surface area contributed by atoms with E-state index in [9.17, 15) is 0 Å². The van der Waals surface area contributed by atoms with Crippen LogP contribution in [0.1, 0.15) is 5.56 Å². The zero-order valence-corrected chi connectivity index (χ0v) is 14.5. The van der Waals surface area contributed by atoms with E-state index in [-0.39, 0.29) is 0 Å². The first-order valence-electron chi connectivity index (χ1n) is 8.80. The van der Waals surface area contributed by atoms with Crippen LogP contribution in [0.2, 0.25) is 0 Å².